The molecule has 1 atom stereocenters. The van der Waals surface area contributed by atoms with E-state index < -0.39 is 0 Å². The Balaban J connectivity index is 0.00000400. The summed E-state index contributed by atoms with van der Waals surface area (Å²) >= 11 is 0. The zero-order valence-corrected chi connectivity index (χ0v) is 16.4. The molecule has 124 valence electrons. The van der Waals surface area contributed by atoms with E-state index in [4.69, 9.17) is 0 Å². The number of hydrogen-bond acceptors (Lipinski definition) is 1. The Morgan fingerprint density at radius 3 is 1.86 bits per heavy atom. The molecule has 0 aromatic carbocycles. The van der Waals surface area contributed by atoms with Crippen molar-refractivity contribution in [2.24, 2.45) is 0 Å². The Morgan fingerprint density at radius 1 is 0.857 bits per heavy atom. The van der Waals surface area contributed by atoms with Gasteiger partial charge in [0.15, 0.2) is 0 Å². The Morgan fingerprint density at radius 2 is 1.38 bits per heavy atom. The van der Waals surface area contributed by atoms with Gasteiger partial charge in [0.25, 0.3) is 0 Å². The first-order chi connectivity index (χ1) is 9.84. The Hall–Kier alpha value is -0.0600. The third kappa shape index (κ3) is 11.2. The summed E-state index contributed by atoms with van der Waals surface area (Å²) in [5.41, 5.74) is 0. The molecule has 0 N–H and O–H groups in total. The lowest BCUT2D eigenvalue weighted by Crippen LogP contribution is -2.01. The standard InChI is InChI=1S/C18H34N2.HI/c1-3-4-5-6-7-8-9-10-11-12-13-14-18(2)20-16-15-19-17-20;/h15-18H,3-14H2,1-2H3;1H. The lowest BCUT2D eigenvalue weighted by Gasteiger charge is -2.12. The maximum absolute atomic E-state index is 4.11. The second-order valence-corrected chi connectivity index (χ2v) is 6.18. The maximum atomic E-state index is 4.11. The highest BCUT2D eigenvalue weighted by Crippen LogP contribution is 2.16. The Labute approximate surface area is 149 Å². The van der Waals surface area contributed by atoms with E-state index in [0.717, 1.165) is 0 Å². The summed E-state index contributed by atoms with van der Waals surface area (Å²) in [6.07, 6.45) is 22.8. The van der Waals surface area contributed by atoms with E-state index in [-0.39, 0.29) is 24.0 Å². The van der Waals surface area contributed by atoms with Crippen LogP contribution in [-0.4, -0.2) is 9.55 Å². The highest BCUT2D eigenvalue weighted by molar-refractivity contribution is 14.0. The molecule has 1 aromatic rings. The van der Waals surface area contributed by atoms with Crippen molar-refractivity contribution in [2.45, 2.75) is 96.9 Å². The van der Waals surface area contributed by atoms with Crippen molar-refractivity contribution in [1.29, 1.82) is 0 Å². The van der Waals surface area contributed by atoms with Crippen LogP contribution in [0.1, 0.15) is 96.9 Å². The number of rotatable bonds is 13. The first-order valence-electron chi connectivity index (χ1n) is 8.82. The molecule has 0 radical (unpaired) electrons. The molecule has 3 heteroatoms. The molecule has 0 amide bonds. The van der Waals surface area contributed by atoms with Crippen LogP contribution in [0.25, 0.3) is 0 Å². The number of halogens is 1. The van der Waals surface area contributed by atoms with Crippen LogP contribution in [0.3, 0.4) is 0 Å². The molecule has 0 saturated carbocycles. The lowest BCUT2D eigenvalue weighted by atomic mass is 10.0. The molecule has 2 nitrogen and oxygen atoms in total. The number of imidazole rings is 1. The normalized spacial score (nSPS) is 12.1. The summed E-state index contributed by atoms with van der Waals surface area (Å²) < 4.78 is 2.22. The van der Waals surface area contributed by atoms with E-state index in [1.54, 1.807) is 0 Å². The molecular weight excluding hydrogens is 371 g/mol. The molecule has 0 saturated heterocycles. The van der Waals surface area contributed by atoms with Gasteiger partial charge >= 0.3 is 0 Å². The highest BCUT2D eigenvalue weighted by Gasteiger charge is 2.02. The van der Waals surface area contributed by atoms with E-state index >= 15 is 0 Å². The summed E-state index contributed by atoms with van der Waals surface area (Å²) in [7, 11) is 0. The van der Waals surface area contributed by atoms with Crippen molar-refractivity contribution in [1.82, 2.24) is 9.55 Å². The third-order valence-corrected chi connectivity index (χ3v) is 4.26. The zero-order chi connectivity index (χ0) is 14.5. The number of unbranched alkanes of at least 4 members (excludes halogenated alkanes) is 10. The minimum atomic E-state index is 0. The van der Waals surface area contributed by atoms with E-state index in [1.165, 1.54) is 77.0 Å². The quantitative estimate of drug-likeness (QED) is 0.261. The van der Waals surface area contributed by atoms with E-state index in [0.29, 0.717) is 6.04 Å². The second kappa shape index (κ2) is 14.9. The van der Waals surface area contributed by atoms with Crippen molar-refractivity contribution in [2.75, 3.05) is 0 Å². The van der Waals surface area contributed by atoms with Gasteiger partial charge in [0.05, 0.1) is 6.33 Å². The van der Waals surface area contributed by atoms with Gasteiger partial charge < -0.3 is 4.57 Å². The van der Waals surface area contributed by atoms with Gasteiger partial charge in [0.1, 0.15) is 0 Å². The van der Waals surface area contributed by atoms with Crippen molar-refractivity contribution in [3.8, 4) is 0 Å². The van der Waals surface area contributed by atoms with Gasteiger partial charge in [-0.1, -0.05) is 77.6 Å². The molecule has 21 heavy (non-hydrogen) atoms. The van der Waals surface area contributed by atoms with Gasteiger partial charge in [-0.2, -0.15) is 0 Å². The minimum Gasteiger partial charge on any atom is -0.335 e. The van der Waals surface area contributed by atoms with Gasteiger partial charge in [-0.05, 0) is 13.3 Å². The van der Waals surface area contributed by atoms with Crippen molar-refractivity contribution in [3.63, 3.8) is 0 Å². The molecule has 0 aliphatic heterocycles. The fourth-order valence-corrected chi connectivity index (χ4v) is 2.78. The van der Waals surface area contributed by atoms with Crippen LogP contribution in [-0.2, 0) is 0 Å². The minimum absolute atomic E-state index is 0. The van der Waals surface area contributed by atoms with Gasteiger partial charge in [-0.15, -0.1) is 24.0 Å². The van der Waals surface area contributed by atoms with Crippen LogP contribution in [0.15, 0.2) is 18.7 Å². The predicted molar refractivity (Wildman–Crippen MR) is 103 cm³/mol. The largest absolute Gasteiger partial charge is 0.335 e. The van der Waals surface area contributed by atoms with Crippen LogP contribution in [0.4, 0.5) is 0 Å². The van der Waals surface area contributed by atoms with Crippen molar-refractivity contribution >= 4 is 24.0 Å². The molecule has 0 spiro atoms. The van der Waals surface area contributed by atoms with E-state index in [2.05, 4.69) is 29.6 Å². The molecule has 0 bridgehead atoms. The third-order valence-electron chi connectivity index (χ3n) is 4.26. The maximum Gasteiger partial charge on any atom is 0.0948 e. The monoisotopic (exact) mass is 406 g/mol. The SMILES string of the molecule is CCCCCCCCCCCCCC(C)n1ccnc1.I. The van der Waals surface area contributed by atoms with E-state index in [1.807, 2.05) is 12.5 Å². The van der Waals surface area contributed by atoms with Gasteiger partial charge in [0.2, 0.25) is 0 Å². The van der Waals surface area contributed by atoms with Gasteiger partial charge in [-0.3, -0.25) is 0 Å². The summed E-state index contributed by atoms with van der Waals surface area (Å²) in [6, 6.07) is 0.607. The average Bonchev–Trinajstić information content (AvgIpc) is 2.99. The van der Waals surface area contributed by atoms with Gasteiger partial charge in [0, 0.05) is 18.4 Å². The smallest absolute Gasteiger partial charge is 0.0948 e. The zero-order valence-electron chi connectivity index (χ0n) is 14.1. The molecule has 1 unspecified atom stereocenters. The number of hydrogen-bond donors (Lipinski definition) is 0. The van der Waals surface area contributed by atoms with Crippen LogP contribution < -0.4 is 0 Å². The average molecular weight is 406 g/mol. The summed E-state index contributed by atoms with van der Waals surface area (Å²) in [4.78, 5) is 4.11. The fraction of sp³-hybridized carbons (Fsp3) is 0.833. The van der Waals surface area contributed by atoms with Crippen LogP contribution in [0.2, 0.25) is 0 Å². The fourth-order valence-electron chi connectivity index (χ4n) is 2.78. The Bertz CT molecular complexity index is 298. The number of aromatic nitrogens is 2. The lowest BCUT2D eigenvalue weighted by molar-refractivity contribution is 0.465. The first kappa shape index (κ1) is 20.9. The molecule has 1 rings (SSSR count). The predicted octanol–water partition coefficient (Wildman–Crippen LogP) is 6.76. The van der Waals surface area contributed by atoms with Crippen LogP contribution in [0.5, 0.6) is 0 Å². The molecule has 1 aromatic heterocycles. The molecule has 0 aliphatic carbocycles. The van der Waals surface area contributed by atoms with E-state index in [9.17, 15) is 0 Å². The van der Waals surface area contributed by atoms with Gasteiger partial charge in [-0.25, -0.2) is 4.98 Å². The molecular formula is C18H35IN2. The van der Waals surface area contributed by atoms with Crippen molar-refractivity contribution in [3.05, 3.63) is 18.7 Å². The summed E-state index contributed by atoms with van der Waals surface area (Å²) in [5, 5.41) is 0. The topological polar surface area (TPSA) is 17.8 Å². The summed E-state index contributed by atoms with van der Waals surface area (Å²) in [5.74, 6) is 0. The van der Waals surface area contributed by atoms with Crippen LogP contribution >= 0.6 is 24.0 Å². The first-order valence-corrected chi connectivity index (χ1v) is 8.82. The van der Waals surface area contributed by atoms with Crippen molar-refractivity contribution < 1.29 is 0 Å². The molecule has 0 fully saturated rings. The van der Waals surface area contributed by atoms with Crippen LogP contribution in [0, 0.1) is 0 Å². The number of nitrogens with zero attached hydrogens (tertiary/aromatic N) is 2. The molecule has 1 heterocycles. The molecule has 0 aliphatic rings. The summed E-state index contributed by atoms with van der Waals surface area (Å²) in [6.45, 7) is 4.58. The second-order valence-electron chi connectivity index (χ2n) is 6.18. The Kier molecular flexibility index (Phi) is 14.8. The highest BCUT2D eigenvalue weighted by atomic mass is 127.